The van der Waals surface area contributed by atoms with Crippen molar-refractivity contribution in [2.75, 3.05) is 5.32 Å². The summed E-state index contributed by atoms with van der Waals surface area (Å²) in [5, 5.41) is 21.2. The summed E-state index contributed by atoms with van der Waals surface area (Å²) in [4.78, 5) is 10.9. The Kier molecular flexibility index (Phi) is 3.55. The van der Waals surface area contributed by atoms with Gasteiger partial charge in [0.05, 0.1) is 5.69 Å². The molecule has 1 rings (SSSR count). The summed E-state index contributed by atoms with van der Waals surface area (Å²) in [6.07, 6.45) is 0. The number of carboxylic acids is 1. The number of carbonyl (C=O) groups is 1. The maximum Gasteiger partial charge on any atom is 0.326 e. The Labute approximate surface area is 88.6 Å². The second-order valence-corrected chi connectivity index (χ2v) is 3.72. The van der Waals surface area contributed by atoms with E-state index >= 15 is 0 Å². The van der Waals surface area contributed by atoms with Crippen LogP contribution in [0.5, 0.6) is 5.75 Å². The van der Waals surface area contributed by atoms with Crippen molar-refractivity contribution >= 4 is 11.7 Å². The maximum atomic E-state index is 10.9. The zero-order valence-corrected chi connectivity index (χ0v) is 8.77. The lowest BCUT2D eigenvalue weighted by molar-refractivity contribution is -0.138. The molecule has 0 heterocycles. The molecular weight excluding hydrogens is 194 g/mol. The van der Waals surface area contributed by atoms with Crippen molar-refractivity contribution in [3.63, 3.8) is 0 Å². The van der Waals surface area contributed by atoms with Gasteiger partial charge in [-0.15, -0.1) is 0 Å². The van der Waals surface area contributed by atoms with Gasteiger partial charge in [-0.1, -0.05) is 26.0 Å². The summed E-state index contributed by atoms with van der Waals surface area (Å²) in [5.74, 6) is -0.917. The van der Waals surface area contributed by atoms with Gasteiger partial charge in [-0.2, -0.15) is 0 Å². The summed E-state index contributed by atoms with van der Waals surface area (Å²) in [7, 11) is 0. The molecule has 0 bridgehead atoms. The second-order valence-electron chi connectivity index (χ2n) is 3.72. The first-order valence-electron chi connectivity index (χ1n) is 4.79. The molecule has 1 atom stereocenters. The highest BCUT2D eigenvalue weighted by Crippen LogP contribution is 2.23. The highest BCUT2D eigenvalue weighted by molar-refractivity contribution is 5.78. The quantitative estimate of drug-likeness (QED) is 0.662. The molecule has 3 N–H and O–H groups in total. The Morgan fingerprint density at radius 1 is 1.33 bits per heavy atom. The van der Waals surface area contributed by atoms with Gasteiger partial charge in [0, 0.05) is 0 Å². The van der Waals surface area contributed by atoms with Crippen LogP contribution in [0.25, 0.3) is 0 Å². The lowest BCUT2D eigenvalue weighted by Gasteiger charge is -2.19. The smallest absolute Gasteiger partial charge is 0.326 e. The zero-order chi connectivity index (χ0) is 11.4. The lowest BCUT2D eigenvalue weighted by Crippen LogP contribution is -2.34. The highest BCUT2D eigenvalue weighted by Gasteiger charge is 2.21. The van der Waals surface area contributed by atoms with Crippen molar-refractivity contribution in [2.24, 2.45) is 5.92 Å². The van der Waals surface area contributed by atoms with Crippen molar-refractivity contribution in [3.8, 4) is 5.75 Å². The van der Waals surface area contributed by atoms with Crippen molar-refractivity contribution in [1.82, 2.24) is 0 Å². The van der Waals surface area contributed by atoms with Crippen LogP contribution in [0.4, 0.5) is 5.69 Å². The van der Waals surface area contributed by atoms with Crippen LogP contribution >= 0.6 is 0 Å². The normalized spacial score (nSPS) is 12.5. The van der Waals surface area contributed by atoms with Crippen LogP contribution in [0.3, 0.4) is 0 Å². The number of carboxylic acid groups (broad SMARTS) is 1. The van der Waals surface area contributed by atoms with Crippen LogP contribution in [-0.2, 0) is 4.79 Å². The van der Waals surface area contributed by atoms with Crippen LogP contribution in [0.15, 0.2) is 24.3 Å². The number of rotatable bonds is 4. The molecule has 0 fully saturated rings. The largest absolute Gasteiger partial charge is 0.506 e. The van der Waals surface area contributed by atoms with Crippen molar-refractivity contribution in [3.05, 3.63) is 24.3 Å². The Hall–Kier alpha value is -1.71. The van der Waals surface area contributed by atoms with Gasteiger partial charge in [-0.3, -0.25) is 0 Å². The Balaban J connectivity index is 2.84. The van der Waals surface area contributed by atoms with E-state index in [2.05, 4.69) is 5.32 Å². The average molecular weight is 209 g/mol. The van der Waals surface area contributed by atoms with E-state index in [4.69, 9.17) is 5.11 Å². The summed E-state index contributed by atoms with van der Waals surface area (Å²) < 4.78 is 0. The van der Waals surface area contributed by atoms with Crippen LogP contribution < -0.4 is 5.32 Å². The van der Waals surface area contributed by atoms with Crippen LogP contribution in [0.2, 0.25) is 0 Å². The molecule has 15 heavy (non-hydrogen) atoms. The number of anilines is 1. The minimum Gasteiger partial charge on any atom is -0.506 e. The molecule has 0 amide bonds. The molecule has 0 aliphatic carbocycles. The predicted octanol–water partition coefficient (Wildman–Crippen LogP) is 1.91. The molecule has 1 aromatic rings. The zero-order valence-electron chi connectivity index (χ0n) is 8.77. The number of hydrogen-bond acceptors (Lipinski definition) is 3. The number of phenols is 1. The molecule has 0 saturated heterocycles. The number of aromatic hydroxyl groups is 1. The van der Waals surface area contributed by atoms with Gasteiger partial charge in [0.25, 0.3) is 0 Å². The SMILES string of the molecule is CC(C)[C@H](Nc1ccccc1O)C(=O)O. The molecular formula is C11H15NO3. The van der Waals surface area contributed by atoms with Gasteiger partial charge < -0.3 is 15.5 Å². The van der Waals surface area contributed by atoms with Crippen molar-refractivity contribution in [1.29, 1.82) is 0 Å². The van der Waals surface area contributed by atoms with Gasteiger partial charge in [0.1, 0.15) is 11.8 Å². The molecule has 0 aliphatic heterocycles. The fourth-order valence-electron chi connectivity index (χ4n) is 1.28. The number of para-hydroxylation sites is 2. The molecule has 0 spiro atoms. The molecule has 0 aliphatic rings. The lowest BCUT2D eigenvalue weighted by atomic mass is 10.0. The molecule has 0 aromatic heterocycles. The number of aliphatic carboxylic acids is 1. The minimum atomic E-state index is -0.923. The summed E-state index contributed by atoms with van der Waals surface area (Å²) >= 11 is 0. The van der Waals surface area contributed by atoms with E-state index in [1.54, 1.807) is 18.2 Å². The monoisotopic (exact) mass is 209 g/mol. The van der Waals surface area contributed by atoms with Gasteiger partial charge in [0.15, 0.2) is 0 Å². The van der Waals surface area contributed by atoms with Crippen LogP contribution in [0.1, 0.15) is 13.8 Å². The molecule has 4 heteroatoms. The molecule has 0 saturated carbocycles. The van der Waals surface area contributed by atoms with E-state index < -0.39 is 12.0 Å². The standard InChI is InChI=1S/C11H15NO3/c1-7(2)10(11(14)15)12-8-5-3-4-6-9(8)13/h3-7,10,12-13H,1-2H3,(H,14,15)/t10-/m0/s1. The Morgan fingerprint density at radius 3 is 2.40 bits per heavy atom. The highest BCUT2D eigenvalue weighted by atomic mass is 16.4. The maximum absolute atomic E-state index is 10.9. The second kappa shape index (κ2) is 4.68. The first kappa shape index (κ1) is 11.4. The van der Waals surface area contributed by atoms with Gasteiger partial charge >= 0.3 is 5.97 Å². The Bertz CT molecular complexity index is 349. The van der Waals surface area contributed by atoms with E-state index in [-0.39, 0.29) is 11.7 Å². The average Bonchev–Trinajstić information content (AvgIpc) is 2.15. The first-order valence-corrected chi connectivity index (χ1v) is 4.79. The van der Waals surface area contributed by atoms with Crippen molar-refractivity contribution in [2.45, 2.75) is 19.9 Å². The third-order valence-corrected chi connectivity index (χ3v) is 2.15. The van der Waals surface area contributed by atoms with Gasteiger partial charge in [-0.05, 0) is 18.1 Å². The molecule has 0 radical (unpaired) electrons. The number of hydrogen-bond donors (Lipinski definition) is 3. The summed E-state index contributed by atoms with van der Waals surface area (Å²) in [6, 6.07) is 5.89. The fraction of sp³-hybridized carbons (Fsp3) is 0.364. The van der Waals surface area contributed by atoms with E-state index in [0.717, 1.165) is 0 Å². The fourth-order valence-corrected chi connectivity index (χ4v) is 1.28. The number of phenolic OH excluding ortho intramolecular Hbond substituents is 1. The summed E-state index contributed by atoms with van der Waals surface area (Å²) in [6.45, 7) is 3.62. The molecule has 0 unspecified atom stereocenters. The van der Waals surface area contributed by atoms with Gasteiger partial charge in [0.2, 0.25) is 0 Å². The van der Waals surface area contributed by atoms with Crippen LogP contribution in [0, 0.1) is 5.92 Å². The molecule has 1 aromatic carbocycles. The van der Waals surface area contributed by atoms with E-state index in [0.29, 0.717) is 5.69 Å². The van der Waals surface area contributed by atoms with Crippen molar-refractivity contribution < 1.29 is 15.0 Å². The van der Waals surface area contributed by atoms with Gasteiger partial charge in [-0.25, -0.2) is 4.79 Å². The predicted molar refractivity (Wildman–Crippen MR) is 58.0 cm³/mol. The minimum absolute atomic E-state index is 0.0536. The molecule has 82 valence electrons. The van der Waals surface area contributed by atoms with E-state index in [1.165, 1.54) is 6.07 Å². The third-order valence-electron chi connectivity index (χ3n) is 2.15. The van der Waals surface area contributed by atoms with Crippen LogP contribution in [-0.4, -0.2) is 22.2 Å². The third kappa shape index (κ3) is 2.87. The summed E-state index contributed by atoms with van der Waals surface area (Å²) in [5.41, 5.74) is 0.443. The Morgan fingerprint density at radius 2 is 1.93 bits per heavy atom. The van der Waals surface area contributed by atoms with E-state index in [9.17, 15) is 9.90 Å². The number of benzene rings is 1. The van der Waals surface area contributed by atoms with E-state index in [1.807, 2.05) is 13.8 Å². The first-order chi connectivity index (χ1) is 7.02. The number of nitrogens with one attached hydrogen (secondary N) is 1. The topological polar surface area (TPSA) is 69.6 Å². The molecule has 4 nitrogen and oxygen atoms in total.